The molecule has 0 fully saturated rings. The number of hydrogen-bond donors (Lipinski definition) is 3. The van der Waals surface area contributed by atoms with Crippen LogP contribution in [0.25, 0.3) is 11.3 Å². The molecule has 4 N–H and O–H groups in total. The topological polar surface area (TPSA) is 91.5 Å². The highest BCUT2D eigenvalue weighted by atomic mass is 79.9. The molecule has 2 aromatic rings. The monoisotopic (exact) mass is 325 g/mol. The summed E-state index contributed by atoms with van der Waals surface area (Å²) in [5.74, 6) is 0.259. The summed E-state index contributed by atoms with van der Waals surface area (Å²) in [6, 6.07) is 7.07. The molecular weight excluding hydrogens is 318 g/mol. The number of rotatable bonds is 2. The average molecular weight is 327 g/mol. The van der Waals surface area contributed by atoms with Gasteiger partial charge in [0.15, 0.2) is 0 Å². The van der Waals surface area contributed by atoms with Crippen molar-refractivity contribution in [3.8, 4) is 11.3 Å². The highest BCUT2D eigenvalue weighted by Gasteiger charge is 2.12. The number of nitrogens with one attached hydrogen (secondary N) is 2. The lowest BCUT2D eigenvalue weighted by molar-refractivity contribution is 0.901. The molecule has 0 spiro atoms. The van der Waals surface area contributed by atoms with Crippen molar-refractivity contribution in [1.29, 1.82) is 10.8 Å². The number of nitrogen functional groups attached to an aromatic ring is 1. The molecule has 2 rings (SSSR count). The molecule has 0 saturated carbocycles. The average Bonchev–Trinajstić information content (AvgIpc) is 2.36. The molecule has 1 heterocycles. The van der Waals surface area contributed by atoms with E-state index in [-0.39, 0.29) is 11.4 Å². The Morgan fingerprint density at radius 2 is 1.94 bits per heavy atom. The number of nitrogens with two attached hydrogens (primary N) is 1. The van der Waals surface area contributed by atoms with Gasteiger partial charge in [-0.25, -0.2) is 4.98 Å². The fourth-order valence-electron chi connectivity index (χ4n) is 1.48. The molecule has 1 aromatic heterocycles. The molecule has 0 unspecified atom stereocenters. The molecule has 0 amide bonds. The van der Waals surface area contributed by atoms with E-state index >= 15 is 0 Å². The summed E-state index contributed by atoms with van der Waals surface area (Å²) in [7, 11) is 0. The molecule has 92 valence electrons. The summed E-state index contributed by atoms with van der Waals surface area (Å²) in [4.78, 5) is 4.11. The quantitative estimate of drug-likeness (QED) is 0.584. The number of hydrogen-bond acceptors (Lipinski definition) is 4. The van der Waals surface area contributed by atoms with Gasteiger partial charge in [-0.2, -0.15) is 0 Å². The van der Waals surface area contributed by atoms with Crippen LogP contribution >= 0.6 is 27.5 Å². The maximum atomic E-state index is 7.71. The lowest BCUT2D eigenvalue weighted by Crippen LogP contribution is -2.26. The Hall–Kier alpha value is -1.66. The lowest BCUT2D eigenvalue weighted by atomic mass is 10.1. The molecular formula is C11H9BrClN5. The maximum absolute atomic E-state index is 7.71. The summed E-state index contributed by atoms with van der Waals surface area (Å²) in [6.45, 7) is 0. The Balaban J connectivity index is 2.70. The predicted octanol–water partition coefficient (Wildman–Crippen LogP) is 2.48. The SMILES string of the molecule is N=Cn1c(N)c(Br)c(-c2ccc(Cl)cc2)nc1=N. The Bertz CT molecular complexity index is 662. The van der Waals surface area contributed by atoms with Gasteiger partial charge in [0.1, 0.15) is 5.82 Å². The maximum Gasteiger partial charge on any atom is 0.229 e. The molecule has 0 saturated heterocycles. The largest absolute Gasteiger partial charge is 0.384 e. The minimum atomic E-state index is -0.101. The molecule has 0 aliphatic carbocycles. The van der Waals surface area contributed by atoms with Crippen molar-refractivity contribution in [2.24, 2.45) is 0 Å². The number of aromatic nitrogens is 2. The summed E-state index contributed by atoms with van der Waals surface area (Å²) in [6.07, 6.45) is 0.946. The number of anilines is 1. The summed E-state index contributed by atoms with van der Waals surface area (Å²) < 4.78 is 1.72. The van der Waals surface area contributed by atoms with Crippen LogP contribution < -0.4 is 11.4 Å². The zero-order valence-corrected chi connectivity index (χ0v) is 11.5. The highest BCUT2D eigenvalue weighted by molar-refractivity contribution is 9.10. The van der Waals surface area contributed by atoms with E-state index in [1.54, 1.807) is 24.3 Å². The molecule has 5 nitrogen and oxygen atoms in total. The van der Waals surface area contributed by atoms with Gasteiger partial charge in [-0.1, -0.05) is 23.7 Å². The van der Waals surface area contributed by atoms with Crippen LogP contribution in [0, 0.1) is 10.8 Å². The molecule has 18 heavy (non-hydrogen) atoms. The second kappa shape index (κ2) is 4.91. The lowest BCUT2D eigenvalue weighted by Gasteiger charge is -2.10. The molecule has 7 heteroatoms. The Morgan fingerprint density at radius 3 is 2.50 bits per heavy atom. The summed E-state index contributed by atoms with van der Waals surface area (Å²) in [5, 5.41) is 15.5. The third-order valence-electron chi connectivity index (χ3n) is 2.38. The van der Waals surface area contributed by atoms with Crippen LogP contribution in [-0.2, 0) is 0 Å². The normalized spacial score (nSPS) is 10.3. The zero-order valence-electron chi connectivity index (χ0n) is 9.11. The van der Waals surface area contributed by atoms with Crippen molar-refractivity contribution in [3.63, 3.8) is 0 Å². The Kier molecular flexibility index (Phi) is 3.49. The van der Waals surface area contributed by atoms with Crippen LogP contribution in [0.15, 0.2) is 28.7 Å². The minimum Gasteiger partial charge on any atom is -0.384 e. The first kappa shape index (κ1) is 12.8. The van der Waals surface area contributed by atoms with Crippen LogP contribution in [0.1, 0.15) is 0 Å². The second-order valence-corrected chi connectivity index (χ2v) is 4.72. The fraction of sp³-hybridized carbons (Fsp3) is 0. The first-order valence-corrected chi connectivity index (χ1v) is 6.10. The van der Waals surface area contributed by atoms with E-state index in [2.05, 4.69) is 20.9 Å². The molecule has 1 aromatic carbocycles. The number of nitrogens with zero attached hydrogens (tertiary/aromatic N) is 2. The first-order chi connectivity index (χ1) is 8.54. The smallest absolute Gasteiger partial charge is 0.229 e. The third-order valence-corrected chi connectivity index (χ3v) is 3.42. The van der Waals surface area contributed by atoms with Crippen molar-refractivity contribution in [2.45, 2.75) is 0 Å². The minimum absolute atomic E-state index is 0.101. The van der Waals surface area contributed by atoms with E-state index < -0.39 is 0 Å². The van der Waals surface area contributed by atoms with Gasteiger partial charge in [-0.3, -0.25) is 15.4 Å². The third kappa shape index (κ3) is 2.16. The molecule has 0 bridgehead atoms. The van der Waals surface area contributed by atoms with E-state index in [4.69, 9.17) is 28.2 Å². The molecule has 0 atom stereocenters. The fourth-order valence-corrected chi connectivity index (χ4v) is 2.11. The van der Waals surface area contributed by atoms with E-state index in [1.807, 2.05) is 0 Å². The van der Waals surface area contributed by atoms with Gasteiger partial charge in [0.2, 0.25) is 5.62 Å². The van der Waals surface area contributed by atoms with Gasteiger partial charge in [-0.05, 0) is 28.1 Å². The van der Waals surface area contributed by atoms with Crippen molar-refractivity contribution >= 4 is 39.7 Å². The van der Waals surface area contributed by atoms with E-state index in [1.165, 1.54) is 4.57 Å². The van der Waals surface area contributed by atoms with Crippen molar-refractivity contribution < 1.29 is 0 Å². The number of halogens is 2. The predicted molar refractivity (Wildman–Crippen MR) is 74.8 cm³/mol. The molecule has 0 radical (unpaired) electrons. The van der Waals surface area contributed by atoms with E-state index in [0.29, 0.717) is 15.2 Å². The van der Waals surface area contributed by atoms with E-state index in [9.17, 15) is 0 Å². The van der Waals surface area contributed by atoms with Crippen LogP contribution in [0.4, 0.5) is 5.82 Å². The number of benzene rings is 1. The van der Waals surface area contributed by atoms with Crippen LogP contribution in [-0.4, -0.2) is 15.9 Å². The molecule has 0 aliphatic heterocycles. The van der Waals surface area contributed by atoms with Gasteiger partial charge < -0.3 is 5.73 Å². The van der Waals surface area contributed by atoms with Gasteiger partial charge in [0.05, 0.1) is 16.5 Å². The van der Waals surface area contributed by atoms with Crippen LogP contribution in [0.3, 0.4) is 0 Å². The molecule has 0 aliphatic rings. The van der Waals surface area contributed by atoms with Crippen molar-refractivity contribution in [3.05, 3.63) is 39.4 Å². The van der Waals surface area contributed by atoms with Crippen LogP contribution in [0.2, 0.25) is 5.02 Å². The summed E-state index contributed by atoms with van der Waals surface area (Å²) >= 11 is 9.15. The van der Waals surface area contributed by atoms with Gasteiger partial charge >= 0.3 is 0 Å². The standard InChI is InChI=1S/C11H9BrClN5/c12-8-9(6-1-3-7(13)4-2-6)17-11(16)18(5-14)10(8)15/h1-5,14,16H,15H2. The zero-order chi connectivity index (χ0) is 13.3. The Labute approximate surface area is 116 Å². The van der Waals surface area contributed by atoms with Gasteiger partial charge in [0, 0.05) is 10.6 Å². The van der Waals surface area contributed by atoms with Gasteiger partial charge in [0.25, 0.3) is 0 Å². The summed E-state index contributed by atoms with van der Waals surface area (Å²) in [5.41, 5.74) is 7.08. The van der Waals surface area contributed by atoms with Crippen LogP contribution in [0.5, 0.6) is 0 Å². The van der Waals surface area contributed by atoms with Gasteiger partial charge in [-0.15, -0.1) is 0 Å². The Morgan fingerprint density at radius 1 is 1.33 bits per heavy atom. The van der Waals surface area contributed by atoms with Crippen molar-refractivity contribution in [2.75, 3.05) is 5.73 Å². The van der Waals surface area contributed by atoms with Crippen molar-refractivity contribution in [1.82, 2.24) is 9.55 Å². The first-order valence-electron chi connectivity index (χ1n) is 4.93. The highest BCUT2D eigenvalue weighted by Crippen LogP contribution is 2.29. The second-order valence-electron chi connectivity index (χ2n) is 3.49. The van der Waals surface area contributed by atoms with E-state index in [0.717, 1.165) is 11.9 Å².